The van der Waals surface area contributed by atoms with E-state index in [1.165, 1.54) is 18.4 Å². The Hall–Kier alpha value is -2.57. The zero-order valence-corrected chi connectivity index (χ0v) is 21.6. The maximum atomic E-state index is 6.88. The standard InChI is InChI=1S/C27H35ClN4O2/c1-6-13-31-19(3)29-27(30-31)32(25-14-18(2)26(34-5)16-23(25)28)24(15-20-7-8-20)22-11-9-21(10-12-22)17-33-4/h9-12,14,16,20,24H,6-8,13,15,17H2,1-5H3/t24-/m0/s1. The average Bonchev–Trinajstić information content (AvgIpc) is 3.58. The fraction of sp³-hybridized carbons (Fsp3) is 0.481. The molecule has 1 heterocycles. The van der Waals surface area contributed by atoms with Crippen molar-refractivity contribution in [3.8, 4) is 5.75 Å². The molecule has 3 aromatic rings. The molecule has 182 valence electrons. The smallest absolute Gasteiger partial charge is 0.250 e. The number of hydrogen-bond donors (Lipinski definition) is 0. The van der Waals surface area contributed by atoms with Crippen molar-refractivity contribution in [2.24, 2.45) is 5.92 Å². The molecule has 0 amide bonds. The van der Waals surface area contributed by atoms with Crippen LogP contribution < -0.4 is 9.64 Å². The fourth-order valence-electron chi connectivity index (χ4n) is 4.46. The summed E-state index contributed by atoms with van der Waals surface area (Å²) in [5.74, 6) is 3.06. The van der Waals surface area contributed by atoms with E-state index in [0.717, 1.165) is 47.8 Å². The summed E-state index contributed by atoms with van der Waals surface area (Å²) in [5, 5.41) is 5.56. The minimum atomic E-state index is 0.0614. The predicted molar refractivity (Wildman–Crippen MR) is 137 cm³/mol. The van der Waals surface area contributed by atoms with Crippen LogP contribution in [-0.2, 0) is 17.9 Å². The van der Waals surface area contributed by atoms with E-state index in [4.69, 9.17) is 31.2 Å². The molecule has 4 rings (SSSR count). The summed E-state index contributed by atoms with van der Waals surface area (Å²) in [4.78, 5) is 7.14. The number of benzene rings is 2. The molecule has 1 atom stereocenters. The lowest BCUT2D eigenvalue weighted by Gasteiger charge is -2.33. The molecule has 0 radical (unpaired) electrons. The number of anilines is 2. The van der Waals surface area contributed by atoms with Gasteiger partial charge >= 0.3 is 0 Å². The van der Waals surface area contributed by atoms with Crippen molar-refractivity contribution < 1.29 is 9.47 Å². The summed E-state index contributed by atoms with van der Waals surface area (Å²) in [7, 11) is 3.39. The van der Waals surface area contributed by atoms with E-state index in [-0.39, 0.29) is 6.04 Å². The normalized spacial score (nSPS) is 14.3. The van der Waals surface area contributed by atoms with Gasteiger partial charge in [0, 0.05) is 19.7 Å². The second-order valence-corrected chi connectivity index (χ2v) is 9.60. The van der Waals surface area contributed by atoms with Gasteiger partial charge in [0.05, 0.1) is 30.5 Å². The zero-order valence-electron chi connectivity index (χ0n) is 20.8. The van der Waals surface area contributed by atoms with E-state index >= 15 is 0 Å². The van der Waals surface area contributed by atoms with Crippen LogP contribution in [0.25, 0.3) is 0 Å². The molecule has 0 aliphatic heterocycles. The number of aryl methyl sites for hydroxylation is 3. The third-order valence-corrected chi connectivity index (χ3v) is 6.76. The molecule has 6 nitrogen and oxygen atoms in total. The number of nitrogens with zero attached hydrogens (tertiary/aromatic N) is 4. The lowest BCUT2D eigenvalue weighted by Crippen LogP contribution is -2.26. The molecule has 0 saturated heterocycles. The molecule has 1 aliphatic rings. The molecule has 7 heteroatoms. The highest BCUT2D eigenvalue weighted by Gasteiger charge is 2.34. The van der Waals surface area contributed by atoms with Gasteiger partial charge in [-0.1, -0.05) is 55.6 Å². The Morgan fingerprint density at radius 3 is 2.50 bits per heavy atom. The van der Waals surface area contributed by atoms with Crippen molar-refractivity contribution in [1.29, 1.82) is 0 Å². The van der Waals surface area contributed by atoms with Crippen LogP contribution in [-0.4, -0.2) is 29.0 Å². The molecule has 1 fully saturated rings. The molecule has 0 bridgehead atoms. The molecule has 0 spiro atoms. The number of halogens is 1. The Morgan fingerprint density at radius 2 is 1.88 bits per heavy atom. The highest BCUT2D eigenvalue weighted by molar-refractivity contribution is 6.33. The van der Waals surface area contributed by atoms with E-state index in [9.17, 15) is 0 Å². The molecular weight excluding hydrogens is 448 g/mol. The molecule has 0 N–H and O–H groups in total. The first kappa shape index (κ1) is 24.6. The first-order chi connectivity index (χ1) is 16.4. The van der Waals surface area contributed by atoms with Crippen LogP contribution in [0.2, 0.25) is 5.02 Å². The van der Waals surface area contributed by atoms with Crippen molar-refractivity contribution in [1.82, 2.24) is 14.8 Å². The van der Waals surface area contributed by atoms with Gasteiger partial charge in [0.1, 0.15) is 11.6 Å². The van der Waals surface area contributed by atoms with E-state index in [1.54, 1.807) is 14.2 Å². The quantitative estimate of drug-likeness (QED) is 0.301. The van der Waals surface area contributed by atoms with Gasteiger partial charge in [0.25, 0.3) is 0 Å². The van der Waals surface area contributed by atoms with E-state index in [0.29, 0.717) is 23.5 Å². The first-order valence-corrected chi connectivity index (χ1v) is 12.5. The van der Waals surface area contributed by atoms with Crippen molar-refractivity contribution in [3.05, 3.63) is 63.9 Å². The van der Waals surface area contributed by atoms with Gasteiger partial charge in [0.15, 0.2) is 0 Å². The minimum absolute atomic E-state index is 0.0614. The third kappa shape index (κ3) is 5.39. The number of rotatable bonds is 11. The molecule has 1 saturated carbocycles. The average molecular weight is 483 g/mol. The number of aromatic nitrogens is 3. The van der Waals surface area contributed by atoms with Gasteiger partial charge in [-0.05, 0) is 55.4 Å². The molecule has 0 unspecified atom stereocenters. The van der Waals surface area contributed by atoms with E-state index in [2.05, 4.69) is 42.2 Å². The van der Waals surface area contributed by atoms with E-state index in [1.807, 2.05) is 24.6 Å². The number of methoxy groups -OCH3 is 2. The first-order valence-electron chi connectivity index (χ1n) is 12.1. The third-order valence-electron chi connectivity index (χ3n) is 6.46. The van der Waals surface area contributed by atoms with Gasteiger partial charge in [-0.2, -0.15) is 4.98 Å². The van der Waals surface area contributed by atoms with Crippen molar-refractivity contribution in [3.63, 3.8) is 0 Å². The van der Waals surface area contributed by atoms with Crippen LogP contribution >= 0.6 is 11.6 Å². The second kappa shape index (κ2) is 10.8. The second-order valence-electron chi connectivity index (χ2n) is 9.19. The van der Waals surface area contributed by atoms with Gasteiger partial charge in [-0.15, -0.1) is 5.10 Å². The summed E-state index contributed by atoms with van der Waals surface area (Å²) in [6.07, 6.45) is 4.54. The Morgan fingerprint density at radius 1 is 1.15 bits per heavy atom. The summed E-state index contributed by atoms with van der Waals surface area (Å²) in [6, 6.07) is 12.7. The monoisotopic (exact) mass is 482 g/mol. The summed E-state index contributed by atoms with van der Waals surface area (Å²) < 4.78 is 12.8. The Kier molecular flexibility index (Phi) is 7.79. The van der Waals surface area contributed by atoms with Gasteiger partial charge < -0.3 is 14.4 Å². The summed E-state index contributed by atoms with van der Waals surface area (Å²) in [6.45, 7) is 7.64. The summed E-state index contributed by atoms with van der Waals surface area (Å²) in [5.41, 5.74) is 4.31. The molecule has 1 aromatic heterocycles. The lowest BCUT2D eigenvalue weighted by atomic mass is 9.97. The molecule has 34 heavy (non-hydrogen) atoms. The van der Waals surface area contributed by atoms with E-state index < -0.39 is 0 Å². The zero-order chi connectivity index (χ0) is 24.2. The van der Waals surface area contributed by atoms with Gasteiger partial charge in [-0.25, -0.2) is 4.68 Å². The van der Waals surface area contributed by atoms with Crippen LogP contribution in [0.3, 0.4) is 0 Å². The number of ether oxygens (including phenoxy) is 2. The highest BCUT2D eigenvalue weighted by atomic mass is 35.5. The largest absolute Gasteiger partial charge is 0.496 e. The number of hydrogen-bond acceptors (Lipinski definition) is 5. The van der Waals surface area contributed by atoms with Crippen LogP contribution in [0.15, 0.2) is 36.4 Å². The minimum Gasteiger partial charge on any atom is -0.496 e. The van der Waals surface area contributed by atoms with Crippen LogP contribution in [0, 0.1) is 19.8 Å². The molecule has 1 aliphatic carbocycles. The topological polar surface area (TPSA) is 52.4 Å². The maximum Gasteiger partial charge on any atom is 0.250 e. The molecular formula is C27H35ClN4O2. The highest BCUT2D eigenvalue weighted by Crippen LogP contribution is 2.46. The van der Waals surface area contributed by atoms with Gasteiger partial charge in [-0.3, -0.25) is 0 Å². The van der Waals surface area contributed by atoms with Crippen molar-refractivity contribution in [2.45, 2.75) is 65.6 Å². The summed E-state index contributed by atoms with van der Waals surface area (Å²) >= 11 is 6.88. The van der Waals surface area contributed by atoms with Crippen LogP contribution in [0.1, 0.15) is 61.2 Å². The molecule has 2 aromatic carbocycles. The van der Waals surface area contributed by atoms with Crippen molar-refractivity contribution >= 4 is 23.2 Å². The van der Waals surface area contributed by atoms with Crippen LogP contribution in [0.4, 0.5) is 11.6 Å². The lowest BCUT2D eigenvalue weighted by molar-refractivity contribution is 0.185. The van der Waals surface area contributed by atoms with Gasteiger partial charge in [0.2, 0.25) is 5.95 Å². The Labute approximate surface area is 207 Å². The van der Waals surface area contributed by atoms with Crippen LogP contribution in [0.5, 0.6) is 5.75 Å². The predicted octanol–water partition coefficient (Wildman–Crippen LogP) is 6.79. The fourth-order valence-corrected chi connectivity index (χ4v) is 4.71. The van der Waals surface area contributed by atoms with Crippen molar-refractivity contribution in [2.75, 3.05) is 19.1 Å². The Bertz CT molecular complexity index is 1110. The Balaban J connectivity index is 1.85. The SMILES string of the molecule is CCCn1nc(N(c2cc(C)c(OC)cc2Cl)[C@@H](CC2CC2)c2ccc(COC)cc2)nc1C. The maximum absolute atomic E-state index is 6.88.